The first-order valence-electron chi connectivity index (χ1n) is 13.4. The van der Waals surface area contributed by atoms with Gasteiger partial charge in [-0.05, 0) is 27.7 Å². The van der Waals surface area contributed by atoms with E-state index < -0.39 is 17.5 Å². The van der Waals surface area contributed by atoms with Crippen molar-refractivity contribution in [1.82, 2.24) is 9.97 Å². The van der Waals surface area contributed by atoms with Crippen molar-refractivity contribution in [2.45, 2.75) is 54.1 Å². The summed E-state index contributed by atoms with van der Waals surface area (Å²) in [6.07, 6.45) is 0. The molecule has 0 radical (unpaired) electrons. The van der Waals surface area contributed by atoms with Crippen LogP contribution in [0.1, 0.15) is 61.9 Å². The number of aromatic nitrogens is 2. The van der Waals surface area contributed by atoms with E-state index in [-0.39, 0.29) is 86.7 Å². The van der Waals surface area contributed by atoms with E-state index in [2.05, 4.69) is 14.7 Å². The second-order valence-corrected chi connectivity index (χ2v) is 10.0. The number of hydrogen-bond acceptors (Lipinski definition) is 10. The largest absolute Gasteiger partial charge is 1.00 e. The third-order valence-electron chi connectivity index (χ3n) is 5.18. The van der Waals surface area contributed by atoms with E-state index in [0.717, 1.165) is 11.1 Å². The molecule has 13 heteroatoms. The van der Waals surface area contributed by atoms with E-state index in [1.165, 1.54) is 35.2 Å². The normalized spacial score (nSPS) is 10.1. The molecule has 0 atom stereocenters. The molecule has 1 heterocycles. The number of allylic oxidation sites excluding steroid dienone is 1. The molecule has 0 amide bonds. The average molecular weight is 683 g/mol. The van der Waals surface area contributed by atoms with Crippen LogP contribution >= 0.6 is 12.4 Å². The van der Waals surface area contributed by atoms with Crippen LogP contribution in [0, 0.1) is 19.3 Å². The van der Waals surface area contributed by atoms with Crippen molar-refractivity contribution in [3.63, 3.8) is 0 Å². The number of halogens is 1. The van der Waals surface area contributed by atoms with Crippen molar-refractivity contribution in [3.05, 3.63) is 94.5 Å². The monoisotopic (exact) mass is 682 g/mol. The first-order chi connectivity index (χ1) is 20.5. The van der Waals surface area contributed by atoms with Gasteiger partial charge in [0, 0.05) is 11.1 Å². The summed E-state index contributed by atoms with van der Waals surface area (Å²) in [6, 6.07) is 18.9. The second kappa shape index (κ2) is 24.2. The molecule has 3 rings (SSSR count). The Kier molecular flexibility index (Phi) is 25.0. The summed E-state index contributed by atoms with van der Waals surface area (Å²) in [4.78, 5) is 42.2. The van der Waals surface area contributed by atoms with Gasteiger partial charge in [0.25, 0.3) is 0 Å². The van der Waals surface area contributed by atoms with Crippen molar-refractivity contribution >= 4 is 36.0 Å². The van der Waals surface area contributed by atoms with Gasteiger partial charge in [-0.25, -0.2) is 19.6 Å². The Morgan fingerprint density at radius 2 is 1.22 bits per heavy atom. The molecule has 0 aliphatic carbocycles. The predicted octanol–water partition coefficient (Wildman–Crippen LogP) is 1.76. The Morgan fingerprint density at radius 1 is 0.804 bits per heavy atom. The van der Waals surface area contributed by atoms with Crippen molar-refractivity contribution in [2.75, 3.05) is 21.3 Å². The Bertz CT molecular complexity index is 1400. The Morgan fingerprint density at radius 3 is 1.52 bits per heavy atom. The Balaban J connectivity index is -0.000000577. The summed E-state index contributed by atoms with van der Waals surface area (Å²) in [5.74, 6) is -0.407. The van der Waals surface area contributed by atoms with Crippen molar-refractivity contribution in [1.29, 1.82) is 5.41 Å². The molecule has 3 aromatic rings. The molecule has 2 aromatic carbocycles. The number of benzene rings is 2. The number of esters is 2. The van der Waals surface area contributed by atoms with Crippen LogP contribution in [-0.4, -0.2) is 60.5 Å². The number of amidine groups is 1. The third-order valence-corrected chi connectivity index (χ3v) is 5.18. The van der Waals surface area contributed by atoms with E-state index in [0.29, 0.717) is 22.8 Å². The molecule has 11 nitrogen and oxygen atoms in total. The number of aryl methyl sites for hydroxylation is 2. The Labute approximate surface area is 320 Å². The van der Waals surface area contributed by atoms with Crippen LogP contribution in [0.4, 0.5) is 0 Å². The van der Waals surface area contributed by atoms with E-state index in [9.17, 15) is 19.5 Å². The zero-order valence-corrected chi connectivity index (χ0v) is 32.5. The van der Waals surface area contributed by atoms with Crippen LogP contribution in [0.25, 0.3) is 11.4 Å². The summed E-state index contributed by atoms with van der Waals surface area (Å²) in [5, 5.41) is 17.1. The molecule has 0 saturated carbocycles. The maximum Gasteiger partial charge on any atom is 1.00 e. The molecule has 0 bridgehead atoms. The Hall–Kier alpha value is -2.97. The minimum atomic E-state index is -0.750. The van der Waals surface area contributed by atoms with Gasteiger partial charge < -0.3 is 25.1 Å². The number of Topliss-reactive ketones (excluding diaryl/α,β-unsaturated/α-hetero) is 1. The number of ketones is 1. The minimum absolute atomic E-state index is 0. The molecular weight excluding hydrogens is 639 g/mol. The fourth-order valence-corrected chi connectivity index (χ4v) is 3.19. The van der Waals surface area contributed by atoms with Gasteiger partial charge in [0.1, 0.15) is 22.7 Å². The SMILES string of the molecule is CC(C)(C)[O-].COC(=O)C(C(C)=O)=C(C)OC.COC(=O)c1c(C)nc(-c2ccccc2)nc1C.Cl.N=C(N)c1ccccc1.[K+]. The number of carbonyl (C=O) groups is 3. The average Bonchev–Trinajstić information content (AvgIpc) is 2.97. The van der Waals surface area contributed by atoms with Gasteiger partial charge in [-0.2, -0.15) is 0 Å². The predicted molar refractivity (Wildman–Crippen MR) is 175 cm³/mol. The smallest absolute Gasteiger partial charge is 0.850 e. The first-order valence-corrected chi connectivity index (χ1v) is 13.4. The number of methoxy groups -OCH3 is 3. The molecule has 0 spiro atoms. The third kappa shape index (κ3) is 18.9. The maximum absolute atomic E-state index is 11.6. The van der Waals surface area contributed by atoms with Crippen LogP contribution < -0.4 is 62.2 Å². The zero-order valence-electron chi connectivity index (χ0n) is 28.5. The van der Waals surface area contributed by atoms with Gasteiger partial charge in [-0.15, -0.1) is 18.0 Å². The maximum atomic E-state index is 11.6. The van der Waals surface area contributed by atoms with Gasteiger partial charge in [0.2, 0.25) is 0 Å². The van der Waals surface area contributed by atoms with Gasteiger partial charge in [-0.1, -0.05) is 81.4 Å². The molecule has 46 heavy (non-hydrogen) atoms. The number of nitrogens with zero attached hydrogens (tertiary/aromatic N) is 2. The molecule has 0 fully saturated rings. The van der Waals surface area contributed by atoms with Crippen LogP contribution in [0.3, 0.4) is 0 Å². The van der Waals surface area contributed by atoms with Gasteiger partial charge in [0.05, 0.1) is 32.7 Å². The molecule has 3 N–H and O–H groups in total. The summed E-state index contributed by atoms with van der Waals surface area (Å²) >= 11 is 0. The van der Waals surface area contributed by atoms with Crippen molar-refractivity contribution in [3.8, 4) is 11.4 Å². The fraction of sp³-hybridized carbons (Fsp3) is 0.333. The summed E-state index contributed by atoms with van der Waals surface area (Å²) in [7, 11) is 3.96. The summed E-state index contributed by atoms with van der Waals surface area (Å²) in [5.41, 5.74) is 7.82. The number of nitrogens with one attached hydrogen (secondary N) is 1. The number of rotatable bonds is 6. The number of carbonyl (C=O) groups excluding carboxylic acids is 3. The number of hydrogen-bond donors (Lipinski definition) is 2. The first kappa shape index (κ1) is 47.4. The summed E-state index contributed by atoms with van der Waals surface area (Å²) < 4.78 is 13.9. The van der Waals surface area contributed by atoms with E-state index in [4.69, 9.17) is 20.6 Å². The van der Waals surface area contributed by atoms with Crippen LogP contribution in [0.2, 0.25) is 0 Å². The van der Waals surface area contributed by atoms with E-state index in [1.807, 2.05) is 60.7 Å². The molecular formula is C33H44ClKN4O7. The topological polar surface area (TPSA) is 178 Å². The van der Waals surface area contributed by atoms with Crippen molar-refractivity contribution in [2.24, 2.45) is 5.73 Å². The van der Waals surface area contributed by atoms with E-state index >= 15 is 0 Å². The fourth-order valence-electron chi connectivity index (χ4n) is 3.19. The van der Waals surface area contributed by atoms with Crippen molar-refractivity contribution < 1.29 is 85.1 Å². The quantitative estimate of drug-likeness (QED) is 0.0569. The number of nitrogens with two attached hydrogens (primary N) is 1. The zero-order chi connectivity index (χ0) is 34.0. The summed E-state index contributed by atoms with van der Waals surface area (Å²) in [6.45, 7) is 11.3. The molecule has 0 saturated heterocycles. The van der Waals surface area contributed by atoms with E-state index in [1.54, 1.807) is 34.6 Å². The molecule has 0 unspecified atom stereocenters. The molecule has 246 valence electrons. The second-order valence-electron chi connectivity index (χ2n) is 10.0. The number of ether oxygens (including phenoxy) is 3. The van der Waals surface area contributed by atoms with Gasteiger partial charge >= 0.3 is 63.3 Å². The van der Waals surface area contributed by atoms with Crippen LogP contribution in [0.5, 0.6) is 0 Å². The van der Waals surface area contributed by atoms with Gasteiger partial charge in [-0.3, -0.25) is 10.2 Å². The minimum Gasteiger partial charge on any atom is -0.850 e. The number of nitrogen functional groups attached to an aromatic ring is 1. The van der Waals surface area contributed by atoms with Crippen LogP contribution in [0.15, 0.2) is 72.0 Å². The standard InChI is InChI=1S/C14H14N2O2.C8H12O4.C7H8N2.C4H9O.ClH.K/c1-9-12(14(17)18-3)10(2)16-13(15-9)11-7-5-4-6-8-11;1-5(9)7(6(2)11-3)8(10)12-4;8-7(9)6-4-2-1-3-5-6;1-4(2,3)5;;/h4-8H,1-3H3;1-4H3;1-5H,(H3,8,9);1-3H3;1H;/q;;;-1;;+1. The molecule has 1 aromatic heterocycles. The molecule has 0 aliphatic heterocycles. The molecule has 0 aliphatic rings. The van der Waals surface area contributed by atoms with Gasteiger partial charge in [0.15, 0.2) is 11.6 Å². The van der Waals surface area contributed by atoms with Crippen LogP contribution in [-0.2, 0) is 23.8 Å².